The highest BCUT2D eigenvalue weighted by Crippen LogP contribution is 2.54. The Morgan fingerprint density at radius 3 is 1.46 bits per heavy atom. The lowest BCUT2D eigenvalue weighted by molar-refractivity contribution is 0.577. The fourth-order valence-corrected chi connectivity index (χ4v) is 8.67. The molecule has 178 valence electrons. The minimum absolute atomic E-state index is 0.761. The number of unbranched alkanes of at least 4 members (excludes halogenated alkanes) is 6. The van der Waals surface area contributed by atoms with E-state index in [0.717, 1.165) is 51.9 Å². The van der Waals surface area contributed by atoms with Gasteiger partial charge in [0.2, 0.25) is 0 Å². The first-order valence-corrected chi connectivity index (χ1v) is 15.1. The number of hydrogen-bond acceptors (Lipinski definition) is 1. The molecule has 1 nitrogen and oxygen atoms in total. The topological polar surface area (TPSA) is 17.1 Å². The van der Waals surface area contributed by atoms with Crippen LogP contribution < -0.4 is 10.6 Å². The average molecular weight is 479 g/mol. The van der Waals surface area contributed by atoms with Crippen LogP contribution in [-0.2, 0) is 4.57 Å². The van der Waals surface area contributed by atoms with Crippen molar-refractivity contribution in [3.8, 4) is 33.4 Å². The zero-order valence-corrected chi connectivity index (χ0v) is 21.6. The van der Waals surface area contributed by atoms with E-state index in [1.807, 2.05) is 12.1 Å². The van der Waals surface area contributed by atoms with Gasteiger partial charge in [-0.3, -0.25) is 0 Å². The maximum Gasteiger partial charge on any atom is 0.144 e. The molecule has 0 amide bonds. The Kier molecular flexibility index (Phi) is 7.35. The standard InChI is InChI=1S/C33H35OP/c1-2-3-4-5-6-7-14-23-35(34)32-24-28(26-15-10-8-11-16-26)19-21-30(32)31-22-20-29(25-33(31)35)27-17-12-9-13-18-27/h8-13,15-22,24-25H,2-7,14,23H2,1H3. The molecule has 1 heterocycles. The molecular formula is C33H35OP. The Bertz CT molecular complexity index is 1230. The molecule has 4 aromatic carbocycles. The molecular weight excluding hydrogens is 443 g/mol. The molecule has 1 aliphatic rings. The number of rotatable bonds is 10. The van der Waals surface area contributed by atoms with E-state index in [1.165, 1.54) is 43.2 Å². The lowest BCUT2D eigenvalue weighted by Crippen LogP contribution is -2.14. The molecule has 0 fully saturated rings. The molecule has 0 atom stereocenters. The quantitative estimate of drug-likeness (QED) is 0.164. The smallest absolute Gasteiger partial charge is 0.144 e. The Morgan fingerprint density at radius 2 is 0.971 bits per heavy atom. The van der Waals surface area contributed by atoms with Crippen LogP contribution in [0.3, 0.4) is 0 Å². The largest absolute Gasteiger partial charge is 0.314 e. The highest BCUT2D eigenvalue weighted by molar-refractivity contribution is 7.80. The van der Waals surface area contributed by atoms with Crippen molar-refractivity contribution in [2.24, 2.45) is 0 Å². The maximum absolute atomic E-state index is 15.0. The summed E-state index contributed by atoms with van der Waals surface area (Å²) < 4.78 is 15.0. The Morgan fingerprint density at radius 1 is 0.514 bits per heavy atom. The van der Waals surface area contributed by atoms with Crippen molar-refractivity contribution >= 4 is 17.8 Å². The second kappa shape index (κ2) is 10.8. The van der Waals surface area contributed by atoms with Gasteiger partial charge in [-0.15, -0.1) is 0 Å². The summed E-state index contributed by atoms with van der Waals surface area (Å²) in [6, 6.07) is 34.1. The van der Waals surface area contributed by atoms with E-state index in [2.05, 4.69) is 91.9 Å². The molecule has 0 N–H and O–H groups in total. The van der Waals surface area contributed by atoms with Crippen LogP contribution in [0.1, 0.15) is 51.9 Å². The van der Waals surface area contributed by atoms with Crippen molar-refractivity contribution in [1.29, 1.82) is 0 Å². The summed E-state index contributed by atoms with van der Waals surface area (Å²) in [5, 5.41) is 2.12. The van der Waals surface area contributed by atoms with E-state index < -0.39 is 7.14 Å². The van der Waals surface area contributed by atoms with Crippen LogP contribution in [-0.4, -0.2) is 6.16 Å². The van der Waals surface area contributed by atoms with E-state index in [0.29, 0.717) is 0 Å². The second-order valence-corrected chi connectivity index (χ2v) is 12.7. The van der Waals surface area contributed by atoms with Crippen molar-refractivity contribution in [3.05, 3.63) is 97.1 Å². The average Bonchev–Trinajstić information content (AvgIpc) is 3.16. The van der Waals surface area contributed by atoms with Crippen LogP contribution in [0.4, 0.5) is 0 Å². The van der Waals surface area contributed by atoms with Gasteiger partial charge < -0.3 is 4.57 Å². The Balaban J connectivity index is 1.50. The fourth-order valence-electron chi connectivity index (χ4n) is 5.40. The normalized spacial score (nSPS) is 13.4. The highest BCUT2D eigenvalue weighted by Gasteiger charge is 2.38. The van der Waals surface area contributed by atoms with Crippen LogP contribution >= 0.6 is 7.14 Å². The van der Waals surface area contributed by atoms with Gasteiger partial charge in [-0.05, 0) is 51.9 Å². The minimum Gasteiger partial charge on any atom is -0.314 e. The van der Waals surface area contributed by atoms with Crippen molar-refractivity contribution in [2.75, 3.05) is 6.16 Å². The van der Waals surface area contributed by atoms with Crippen LogP contribution in [0.5, 0.6) is 0 Å². The molecule has 4 aromatic rings. The zero-order valence-electron chi connectivity index (χ0n) is 20.7. The third-order valence-electron chi connectivity index (χ3n) is 7.35. The molecule has 0 saturated heterocycles. The summed E-state index contributed by atoms with van der Waals surface area (Å²) in [6.07, 6.45) is 9.40. The predicted octanol–water partition coefficient (Wildman–Crippen LogP) is 9.07. The summed E-state index contributed by atoms with van der Waals surface area (Å²) >= 11 is 0. The number of benzene rings is 4. The molecule has 1 aliphatic heterocycles. The molecule has 0 bridgehead atoms. The van der Waals surface area contributed by atoms with Gasteiger partial charge in [0.25, 0.3) is 0 Å². The molecule has 0 radical (unpaired) electrons. The van der Waals surface area contributed by atoms with Crippen LogP contribution in [0, 0.1) is 0 Å². The van der Waals surface area contributed by atoms with E-state index >= 15 is 0 Å². The van der Waals surface area contributed by atoms with Gasteiger partial charge in [-0.1, -0.05) is 130 Å². The molecule has 5 rings (SSSR count). The molecule has 0 saturated carbocycles. The first-order valence-electron chi connectivity index (χ1n) is 13.2. The first kappa shape index (κ1) is 23.8. The van der Waals surface area contributed by atoms with E-state index in [-0.39, 0.29) is 0 Å². The highest BCUT2D eigenvalue weighted by atomic mass is 31.2. The van der Waals surface area contributed by atoms with Gasteiger partial charge in [-0.25, -0.2) is 0 Å². The fraction of sp³-hybridized carbons (Fsp3) is 0.273. The molecule has 0 spiro atoms. The SMILES string of the molecule is CCCCCCCCCP1(=O)c2cc(-c3ccccc3)ccc2-c2ccc(-c3ccccc3)cc21. The van der Waals surface area contributed by atoms with Crippen LogP contribution in [0.25, 0.3) is 33.4 Å². The van der Waals surface area contributed by atoms with Crippen molar-refractivity contribution in [2.45, 2.75) is 51.9 Å². The van der Waals surface area contributed by atoms with Crippen LogP contribution in [0.2, 0.25) is 0 Å². The molecule has 0 aliphatic carbocycles. The monoisotopic (exact) mass is 478 g/mol. The van der Waals surface area contributed by atoms with E-state index in [4.69, 9.17) is 0 Å². The summed E-state index contributed by atoms with van der Waals surface area (Å²) in [4.78, 5) is 0. The summed E-state index contributed by atoms with van der Waals surface area (Å²) in [5.74, 6) is 0. The van der Waals surface area contributed by atoms with Gasteiger partial charge in [0, 0.05) is 16.8 Å². The summed E-state index contributed by atoms with van der Waals surface area (Å²) in [5.41, 5.74) is 6.98. The molecule has 2 heteroatoms. The predicted molar refractivity (Wildman–Crippen MR) is 152 cm³/mol. The van der Waals surface area contributed by atoms with Gasteiger partial charge in [0.15, 0.2) is 0 Å². The third kappa shape index (κ3) is 4.93. The van der Waals surface area contributed by atoms with Gasteiger partial charge in [-0.2, -0.15) is 0 Å². The van der Waals surface area contributed by atoms with Crippen molar-refractivity contribution in [1.82, 2.24) is 0 Å². The number of fused-ring (bicyclic) bond motifs is 3. The second-order valence-electron chi connectivity index (χ2n) is 9.78. The van der Waals surface area contributed by atoms with E-state index in [1.54, 1.807) is 0 Å². The number of hydrogen-bond donors (Lipinski definition) is 0. The van der Waals surface area contributed by atoms with Crippen molar-refractivity contribution < 1.29 is 4.57 Å². The lowest BCUT2D eigenvalue weighted by atomic mass is 9.98. The molecule has 0 unspecified atom stereocenters. The summed E-state index contributed by atoms with van der Waals surface area (Å²) in [7, 11) is -2.71. The first-order chi connectivity index (χ1) is 17.2. The maximum atomic E-state index is 15.0. The molecule has 0 aromatic heterocycles. The van der Waals surface area contributed by atoms with Gasteiger partial charge >= 0.3 is 0 Å². The van der Waals surface area contributed by atoms with Crippen molar-refractivity contribution in [3.63, 3.8) is 0 Å². The Hall–Kier alpha value is -2.89. The third-order valence-corrected chi connectivity index (χ3v) is 10.6. The van der Waals surface area contributed by atoms with Crippen LogP contribution in [0.15, 0.2) is 97.1 Å². The lowest BCUT2D eigenvalue weighted by Gasteiger charge is -2.17. The Labute approximate surface area is 210 Å². The van der Waals surface area contributed by atoms with E-state index in [9.17, 15) is 4.57 Å². The summed E-state index contributed by atoms with van der Waals surface area (Å²) in [6.45, 7) is 2.26. The van der Waals surface area contributed by atoms with Gasteiger partial charge in [0.05, 0.1) is 0 Å². The minimum atomic E-state index is -2.71. The molecule has 35 heavy (non-hydrogen) atoms. The zero-order chi connectivity index (χ0) is 24.1. The van der Waals surface area contributed by atoms with Gasteiger partial charge in [0.1, 0.15) is 7.14 Å².